The molecule has 2 saturated heterocycles. The van der Waals surface area contributed by atoms with Crippen LogP contribution in [-0.4, -0.2) is 60.3 Å². The molecule has 2 fully saturated rings. The van der Waals surface area contributed by atoms with E-state index in [0.29, 0.717) is 49.4 Å². The van der Waals surface area contributed by atoms with Gasteiger partial charge in [0.2, 0.25) is 0 Å². The van der Waals surface area contributed by atoms with Gasteiger partial charge in [0.1, 0.15) is 0 Å². The molecule has 0 radical (unpaired) electrons. The second-order valence-corrected chi connectivity index (χ2v) is 11.0. The molecular weight excluding hydrogens is 493 g/mol. The minimum atomic E-state index is -4.34. The number of carbonyl (C=O) groups is 2. The van der Waals surface area contributed by atoms with Gasteiger partial charge >= 0.3 is 12.1 Å². The van der Waals surface area contributed by atoms with Gasteiger partial charge in [-0.25, -0.2) is 4.31 Å². The number of carboxylic acids is 1. The molecule has 5 rings (SSSR count). The monoisotopic (exact) mass is 522 g/mol. The summed E-state index contributed by atoms with van der Waals surface area (Å²) in [5.74, 6) is -0.620. The molecule has 0 aliphatic carbocycles. The maximum atomic E-state index is 13.4. The lowest BCUT2D eigenvalue weighted by molar-refractivity contribution is -0.145. The summed E-state index contributed by atoms with van der Waals surface area (Å²) in [5, 5.41) is 14.0. The summed E-state index contributed by atoms with van der Waals surface area (Å²) in [6, 6.07) is 7.19. The number of aromatic nitrogens is 2. The third kappa shape index (κ3) is 5.27. The van der Waals surface area contributed by atoms with Crippen molar-refractivity contribution >= 4 is 23.8 Å². The molecule has 36 heavy (non-hydrogen) atoms. The van der Waals surface area contributed by atoms with Crippen LogP contribution >= 0.6 is 11.9 Å². The van der Waals surface area contributed by atoms with Crippen LogP contribution in [0.25, 0.3) is 0 Å². The normalized spacial score (nSPS) is 24.4. The molecule has 1 N–H and O–H groups in total. The Morgan fingerprint density at radius 3 is 2.56 bits per heavy atom. The number of alkyl halides is 3. The summed E-state index contributed by atoms with van der Waals surface area (Å²) in [7, 11) is 0. The maximum absolute atomic E-state index is 13.4. The highest BCUT2D eigenvalue weighted by atomic mass is 32.2. The summed E-state index contributed by atoms with van der Waals surface area (Å²) < 4.78 is 42.8. The molecule has 7 nitrogen and oxygen atoms in total. The zero-order valence-corrected chi connectivity index (χ0v) is 20.6. The molecule has 2 unspecified atom stereocenters. The van der Waals surface area contributed by atoms with E-state index in [1.165, 1.54) is 12.1 Å². The fourth-order valence-corrected chi connectivity index (χ4v) is 6.72. The fraction of sp³-hybridized carbons (Fsp3) is 0.560. The van der Waals surface area contributed by atoms with Crippen LogP contribution in [0.4, 0.5) is 13.2 Å². The highest BCUT2D eigenvalue weighted by molar-refractivity contribution is 7.96. The molecule has 1 aromatic carbocycles. The largest absolute Gasteiger partial charge is 0.481 e. The summed E-state index contributed by atoms with van der Waals surface area (Å²) in [5.41, 5.74) is 1.37. The highest BCUT2D eigenvalue weighted by Crippen LogP contribution is 2.38. The third-order valence-corrected chi connectivity index (χ3v) is 8.52. The molecule has 4 heterocycles. The van der Waals surface area contributed by atoms with Gasteiger partial charge in [0.25, 0.3) is 5.91 Å². The van der Waals surface area contributed by atoms with E-state index < -0.39 is 17.7 Å². The van der Waals surface area contributed by atoms with Gasteiger partial charge in [-0.2, -0.15) is 18.3 Å². The van der Waals surface area contributed by atoms with Crippen molar-refractivity contribution in [2.24, 2.45) is 5.92 Å². The van der Waals surface area contributed by atoms with Crippen molar-refractivity contribution in [3.63, 3.8) is 0 Å². The average Bonchev–Trinajstić information content (AvgIpc) is 3.26. The number of piperidine rings is 2. The third-order valence-electron chi connectivity index (χ3n) is 7.46. The number of aliphatic carboxylic acids is 1. The van der Waals surface area contributed by atoms with Gasteiger partial charge in [-0.05, 0) is 56.2 Å². The van der Waals surface area contributed by atoms with Crippen molar-refractivity contribution in [1.82, 2.24) is 19.0 Å². The zero-order valence-electron chi connectivity index (χ0n) is 19.8. The molecule has 0 saturated carbocycles. The predicted octanol–water partition coefficient (Wildman–Crippen LogP) is 4.47. The summed E-state index contributed by atoms with van der Waals surface area (Å²) in [4.78, 5) is 26.8. The summed E-state index contributed by atoms with van der Waals surface area (Å²) >= 11 is 1.59. The van der Waals surface area contributed by atoms with E-state index in [9.17, 15) is 27.9 Å². The van der Waals surface area contributed by atoms with E-state index in [-0.39, 0.29) is 23.9 Å². The van der Waals surface area contributed by atoms with Crippen molar-refractivity contribution < 1.29 is 27.9 Å². The number of carboxylic acid groups (broad SMARTS) is 1. The molecule has 194 valence electrons. The SMILES string of the molecule is O=C(O)C1CC2CCCC(C1)N2C(=O)c1cc2n(n1)CCN(SCCc1cccc(C(F)(F)F)c1)C2. The molecular formula is C25H29F3N4O3S. The minimum absolute atomic E-state index is 0.0484. The number of halogens is 3. The van der Waals surface area contributed by atoms with Gasteiger partial charge in [0.15, 0.2) is 5.69 Å². The number of amides is 1. The Kier molecular flexibility index (Phi) is 7.04. The number of rotatable bonds is 6. The van der Waals surface area contributed by atoms with E-state index in [4.69, 9.17) is 0 Å². The topological polar surface area (TPSA) is 78.7 Å². The van der Waals surface area contributed by atoms with E-state index in [1.807, 2.05) is 15.6 Å². The highest BCUT2D eigenvalue weighted by Gasteiger charge is 2.44. The smallest absolute Gasteiger partial charge is 0.416 e. The number of fused-ring (bicyclic) bond motifs is 3. The Morgan fingerprint density at radius 2 is 1.86 bits per heavy atom. The van der Waals surface area contributed by atoms with Gasteiger partial charge in [-0.1, -0.05) is 30.1 Å². The maximum Gasteiger partial charge on any atom is 0.416 e. The van der Waals surface area contributed by atoms with Crippen LogP contribution in [0.15, 0.2) is 30.3 Å². The van der Waals surface area contributed by atoms with E-state index in [2.05, 4.69) is 9.40 Å². The van der Waals surface area contributed by atoms with Crippen LogP contribution in [0.2, 0.25) is 0 Å². The van der Waals surface area contributed by atoms with E-state index >= 15 is 0 Å². The van der Waals surface area contributed by atoms with Crippen LogP contribution in [-0.2, 0) is 30.5 Å². The average molecular weight is 523 g/mol. The van der Waals surface area contributed by atoms with Gasteiger partial charge in [0.05, 0.1) is 30.3 Å². The lowest BCUT2D eigenvalue weighted by Crippen LogP contribution is -2.55. The predicted molar refractivity (Wildman–Crippen MR) is 128 cm³/mol. The standard InChI is InChI=1S/C25H29F3N4O3S/c26-25(27,28)18-4-1-3-16(11-18)7-10-36-30-8-9-31-21(15-30)14-22(29-31)23(33)32-19-5-2-6-20(32)13-17(12-19)24(34)35/h1,3-4,11,14,17,19-20H,2,5-10,12-13,15H2,(H,34,35). The lowest BCUT2D eigenvalue weighted by atomic mass is 9.78. The number of nitrogens with zero attached hydrogens (tertiary/aromatic N) is 4. The summed E-state index contributed by atoms with van der Waals surface area (Å²) in [6.07, 6.45) is -0.135. The summed E-state index contributed by atoms with van der Waals surface area (Å²) in [6.45, 7) is 1.96. The number of carbonyl (C=O) groups excluding carboxylic acids is 1. The Labute approximate surface area is 211 Å². The van der Waals surface area contributed by atoms with Crippen LogP contribution in [0, 0.1) is 5.92 Å². The van der Waals surface area contributed by atoms with E-state index in [1.54, 1.807) is 18.0 Å². The van der Waals surface area contributed by atoms with Crippen LogP contribution in [0.3, 0.4) is 0 Å². The molecule has 2 atom stereocenters. The Bertz CT molecular complexity index is 1120. The second kappa shape index (κ2) is 10.1. The molecule has 3 aliphatic heterocycles. The lowest BCUT2D eigenvalue weighted by Gasteiger charge is -2.47. The van der Waals surface area contributed by atoms with Crippen molar-refractivity contribution in [2.75, 3.05) is 12.3 Å². The molecule has 2 aromatic rings. The Hall–Kier alpha value is -2.53. The molecule has 1 aromatic heterocycles. The quantitative estimate of drug-likeness (QED) is 0.565. The second-order valence-electron chi connectivity index (χ2n) is 9.85. The Balaban J connectivity index is 1.19. The van der Waals surface area contributed by atoms with E-state index in [0.717, 1.165) is 37.6 Å². The zero-order chi connectivity index (χ0) is 25.4. The van der Waals surface area contributed by atoms with Crippen molar-refractivity contribution in [1.29, 1.82) is 0 Å². The molecule has 0 spiro atoms. The van der Waals surface area contributed by atoms with Crippen LogP contribution in [0.1, 0.15) is 59.4 Å². The molecule has 3 aliphatic rings. The van der Waals surface area contributed by atoms with Gasteiger partial charge in [0, 0.05) is 24.4 Å². The van der Waals surface area contributed by atoms with Gasteiger partial charge in [-0.15, -0.1) is 0 Å². The molecule has 1 amide bonds. The molecule has 11 heteroatoms. The van der Waals surface area contributed by atoms with Crippen molar-refractivity contribution in [2.45, 2.75) is 69.9 Å². The molecule has 2 bridgehead atoms. The first-order chi connectivity index (χ1) is 17.2. The van der Waals surface area contributed by atoms with Crippen LogP contribution < -0.4 is 0 Å². The number of hydrogen-bond acceptors (Lipinski definition) is 5. The van der Waals surface area contributed by atoms with Gasteiger partial charge < -0.3 is 10.0 Å². The van der Waals surface area contributed by atoms with Gasteiger partial charge in [-0.3, -0.25) is 14.3 Å². The first-order valence-corrected chi connectivity index (χ1v) is 13.3. The number of hydrogen-bond donors (Lipinski definition) is 1. The van der Waals surface area contributed by atoms with Crippen molar-refractivity contribution in [3.05, 3.63) is 52.8 Å². The number of benzene rings is 1. The minimum Gasteiger partial charge on any atom is -0.481 e. The first kappa shape index (κ1) is 25.1. The first-order valence-electron chi connectivity index (χ1n) is 12.3. The fourth-order valence-electron chi connectivity index (χ4n) is 5.70. The van der Waals surface area contributed by atoms with Crippen molar-refractivity contribution in [3.8, 4) is 0 Å². The van der Waals surface area contributed by atoms with Crippen LogP contribution in [0.5, 0.6) is 0 Å². The Morgan fingerprint density at radius 1 is 1.11 bits per heavy atom. The number of aryl methyl sites for hydroxylation is 1.